The zero-order valence-corrected chi connectivity index (χ0v) is 18.6. The quantitative estimate of drug-likeness (QED) is 0.420. The van der Waals surface area contributed by atoms with Crippen LogP contribution in [0.2, 0.25) is 5.02 Å². The minimum atomic E-state index is -3.92. The molecule has 0 bridgehead atoms. The molecule has 0 fully saturated rings. The van der Waals surface area contributed by atoms with Crippen LogP contribution in [0.25, 0.3) is 10.1 Å². The van der Waals surface area contributed by atoms with E-state index in [-0.39, 0.29) is 18.0 Å². The van der Waals surface area contributed by atoms with Gasteiger partial charge in [-0.3, -0.25) is 4.79 Å². The standard InChI is InChI=1S/C22H18ClN3O3S2/c23-18-6-9-20(10-7-18)31(28,29)26(14-16-4-2-1-3-5-16)15-22(27)25-19-8-11-21-17(12-19)13-24-30-21/h1-13H,14-15H2,(H,25,27). The second-order valence-corrected chi connectivity index (χ2v) is 10.0. The number of nitrogens with zero attached hydrogens (tertiary/aromatic N) is 2. The highest BCUT2D eigenvalue weighted by Crippen LogP contribution is 2.23. The first-order valence-corrected chi connectivity index (χ1v) is 11.9. The Morgan fingerprint density at radius 2 is 1.77 bits per heavy atom. The Morgan fingerprint density at radius 1 is 1.03 bits per heavy atom. The number of carbonyl (C=O) groups is 1. The Kier molecular flexibility index (Phi) is 6.33. The smallest absolute Gasteiger partial charge is 0.243 e. The van der Waals surface area contributed by atoms with E-state index >= 15 is 0 Å². The molecule has 0 atom stereocenters. The van der Waals surface area contributed by atoms with Crippen molar-refractivity contribution in [2.24, 2.45) is 0 Å². The van der Waals surface area contributed by atoms with E-state index < -0.39 is 15.9 Å². The van der Waals surface area contributed by atoms with Crippen molar-refractivity contribution in [1.29, 1.82) is 0 Å². The molecule has 9 heteroatoms. The van der Waals surface area contributed by atoms with Crippen molar-refractivity contribution in [2.45, 2.75) is 11.4 Å². The van der Waals surface area contributed by atoms with Gasteiger partial charge in [0.2, 0.25) is 15.9 Å². The summed E-state index contributed by atoms with van der Waals surface area (Å²) in [5, 5.41) is 4.13. The summed E-state index contributed by atoms with van der Waals surface area (Å²) in [7, 11) is -3.92. The van der Waals surface area contributed by atoms with Crippen LogP contribution < -0.4 is 5.32 Å². The third-order valence-corrected chi connectivity index (χ3v) is 7.45. The lowest BCUT2D eigenvalue weighted by molar-refractivity contribution is -0.116. The molecule has 1 heterocycles. The maximum Gasteiger partial charge on any atom is 0.243 e. The average Bonchev–Trinajstić information content (AvgIpc) is 3.22. The van der Waals surface area contributed by atoms with E-state index in [1.54, 1.807) is 12.3 Å². The van der Waals surface area contributed by atoms with E-state index in [9.17, 15) is 13.2 Å². The van der Waals surface area contributed by atoms with Gasteiger partial charge in [0.25, 0.3) is 0 Å². The molecule has 0 aliphatic rings. The Hall–Kier alpha value is -2.78. The van der Waals surface area contributed by atoms with Crippen molar-refractivity contribution in [1.82, 2.24) is 8.68 Å². The summed E-state index contributed by atoms with van der Waals surface area (Å²) in [5.74, 6) is -0.434. The van der Waals surface area contributed by atoms with Crippen molar-refractivity contribution in [3.63, 3.8) is 0 Å². The van der Waals surface area contributed by atoms with E-state index in [1.807, 2.05) is 42.5 Å². The topological polar surface area (TPSA) is 79.4 Å². The van der Waals surface area contributed by atoms with Crippen molar-refractivity contribution in [3.8, 4) is 0 Å². The highest BCUT2D eigenvalue weighted by atomic mass is 35.5. The first-order valence-electron chi connectivity index (χ1n) is 9.36. The van der Waals surface area contributed by atoms with Gasteiger partial charge in [-0.1, -0.05) is 41.9 Å². The predicted molar refractivity (Wildman–Crippen MR) is 124 cm³/mol. The van der Waals surface area contributed by atoms with Gasteiger partial charge in [0.15, 0.2) is 0 Å². The van der Waals surface area contributed by atoms with E-state index in [0.717, 1.165) is 20.0 Å². The van der Waals surface area contributed by atoms with Gasteiger partial charge in [0.1, 0.15) is 0 Å². The van der Waals surface area contributed by atoms with Crippen molar-refractivity contribution < 1.29 is 13.2 Å². The number of sulfonamides is 1. The molecule has 0 radical (unpaired) electrons. The summed E-state index contributed by atoms with van der Waals surface area (Å²) in [6.45, 7) is -0.271. The van der Waals surface area contributed by atoms with Crippen LogP contribution in [0.3, 0.4) is 0 Å². The number of hydrogen-bond acceptors (Lipinski definition) is 5. The zero-order valence-electron chi connectivity index (χ0n) is 16.2. The monoisotopic (exact) mass is 471 g/mol. The normalized spacial score (nSPS) is 11.7. The lowest BCUT2D eigenvalue weighted by Crippen LogP contribution is -2.37. The fourth-order valence-electron chi connectivity index (χ4n) is 3.08. The van der Waals surface area contributed by atoms with Crippen molar-refractivity contribution >= 4 is 54.8 Å². The molecule has 0 aliphatic carbocycles. The third-order valence-electron chi connectivity index (χ3n) is 4.61. The fraction of sp³-hybridized carbons (Fsp3) is 0.0909. The molecule has 1 aromatic heterocycles. The third kappa shape index (κ3) is 5.11. The molecule has 0 saturated heterocycles. The number of benzene rings is 3. The van der Waals surface area contributed by atoms with Crippen LogP contribution in [0.15, 0.2) is 83.9 Å². The summed E-state index contributed by atoms with van der Waals surface area (Å²) >= 11 is 7.27. The van der Waals surface area contributed by atoms with Gasteiger partial charge < -0.3 is 5.32 Å². The Bertz CT molecular complexity index is 1310. The average molecular weight is 472 g/mol. The first-order chi connectivity index (χ1) is 14.9. The fourth-order valence-corrected chi connectivity index (χ4v) is 5.22. The number of rotatable bonds is 7. The van der Waals surface area contributed by atoms with E-state index in [0.29, 0.717) is 10.7 Å². The van der Waals surface area contributed by atoms with Crippen LogP contribution in [0.1, 0.15) is 5.56 Å². The molecular formula is C22H18ClN3O3S2. The van der Waals surface area contributed by atoms with Crippen LogP contribution >= 0.6 is 23.1 Å². The molecule has 0 saturated carbocycles. The minimum absolute atomic E-state index is 0.0622. The number of halogens is 1. The molecule has 1 N–H and O–H groups in total. The first kappa shape index (κ1) is 21.5. The lowest BCUT2D eigenvalue weighted by atomic mass is 10.2. The minimum Gasteiger partial charge on any atom is -0.325 e. The summed E-state index contributed by atoms with van der Waals surface area (Å²) in [4.78, 5) is 12.8. The highest BCUT2D eigenvalue weighted by molar-refractivity contribution is 7.89. The Balaban J connectivity index is 1.58. The van der Waals surface area contributed by atoms with Crippen LogP contribution in [0.5, 0.6) is 0 Å². The molecular weight excluding hydrogens is 454 g/mol. The second-order valence-electron chi connectivity index (χ2n) is 6.84. The van der Waals surface area contributed by atoms with E-state index in [4.69, 9.17) is 11.6 Å². The van der Waals surface area contributed by atoms with E-state index in [2.05, 4.69) is 9.69 Å². The van der Waals surface area contributed by atoms with Crippen molar-refractivity contribution in [3.05, 3.63) is 89.6 Å². The number of carbonyl (C=O) groups excluding carboxylic acids is 1. The predicted octanol–water partition coefficient (Wildman–Crippen LogP) is 4.78. The van der Waals surface area contributed by atoms with Gasteiger partial charge in [-0.2, -0.15) is 8.68 Å². The van der Waals surface area contributed by atoms with Crippen LogP contribution in [-0.2, 0) is 21.4 Å². The van der Waals surface area contributed by atoms with Crippen LogP contribution in [0.4, 0.5) is 5.69 Å². The number of fused-ring (bicyclic) bond motifs is 1. The van der Waals surface area contributed by atoms with Gasteiger partial charge in [-0.05, 0) is 59.6 Å². The molecule has 0 spiro atoms. The summed E-state index contributed by atoms with van der Waals surface area (Å²) in [6, 6.07) is 20.5. The second kappa shape index (κ2) is 9.15. The Labute approximate surface area is 189 Å². The van der Waals surface area contributed by atoms with Gasteiger partial charge in [-0.25, -0.2) is 8.42 Å². The largest absolute Gasteiger partial charge is 0.325 e. The molecule has 0 aliphatic heterocycles. The highest BCUT2D eigenvalue weighted by Gasteiger charge is 2.27. The maximum absolute atomic E-state index is 13.3. The number of anilines is 1. The van der Waals surface area contributed by atoms with Gasteiger partial charge in [-0.15, -0.1) is 0 Å². The van der Waals surface area contributed by atoms with Crippen molar-refractivity contribution in [2.75, 3.05) is 11.9 Å². The van der Waals surface area contributed by atoms with Gasteiger partial charge in [0.05, 0.1) is 16.1 Å². The number of hydrogen-bond donors (Lipinski definition) is 1. The molecule has 4 aromatic rings. The van der Waals surface area contributed by atoms with Gasteiger partial charge in [0, 0.05) is 28.8 Å². The number of nitrogens with one attached hydrogen (secondary N) is 1. The molecule has 1 amide bonds. The van der Waals surface area contributed by atoms with Crippen LogP contribution in [0, 0.1) is 0 Å². The number of amides is 1. The molecule has 3 aromatic carbocycles. The SMILES string of the molecule is O=C(CN(Cc1ccccc1)S(=O)(=O)c1ccc(Cl)cc1)Nc1ccc2sncc2c1. The van der Waals surface area contributed by atoms with Gasteiger partial charge >= 0.3 is 0 Å². The lowest BCUT2D eigenvalue weighted by Gasteiger charge is -2.22. The zero-order chi connectivity index (χ0) is 21.8. The maximum atomic E-state index is 13.3. The molecule has 31 heavy (non-hydrogen) atoms. The molecule has 0 unspecified atom stereocenters. The summed E-state index contributed by atoms with van der Waals surface area (Å²) < 4.78 is 32.8. The molecule has 158 valence electrons. The number of aromatic nitrogens is 1. The summed E-state index contributed by atoms with van der Waals surface area (Å²) in [5.41, 5.74) is 1.36. The summed E-state index contributed by atoms with van der Waals surface area (Å²) in [6.07, 6.45) is 1.72. The molecule has 6 nitrogen and oxygen atoms in total. The molecule has 4 rings (SSSR count). The van der Waals surface area contributed by atoms with Crippen LogP contribution in [-0.4, -0.2) is 29.5 Å². The Morgan fingerprint density at radius 3 is 2.52 bits per heavy atom. The van der Waals surface area contributed by atoms with E-state index in [1.165, 1.54) is 35.8 Å².